The van der Waals surface area contributed by atoms with Gasteiger partial charge in [-0.2, -0.15) is 5.26 Å². The number of halogens is 1. The third-order valence-corrected chi connectivity index (χ3v) is 4.28. The zero-order chi connectivity index (χ0) is 17.8. The van der Waals surface area contributed by atoms with E-state index in [0.717, 1.165) is 0 Å². The molecule has 1 heterocycles. The maximum atomic E-state index is 12.5. The van der Waals surface area contributed by atoms with Crippen LogP contribution in [-0.4, -0.2) is 11.7 Å². The fraction of sp³-hybridized carbons (Fsp3) is 0.105. The van der Waals surface area contributed by atoms with Gasteiger partial charge in [0.25, 0.3) is 5.91 Å². The Balaban J connectivity index is 1.83. The molecule has 0 fully saturated rings. The first kappa shape index (κ1) is 16.7. The first-order valence-corrected chi connectivity index (χ1v) is 8.05. The third kappa shape index (κ3) is 3.54. The SMILES string of the molecule is N#CC(C=C1NC(=O)c2ccccc2N1)C(=O)C(Cl)c1ccccc1. The number of rotatable bonds is 4. The number of hydrogen-bond acceptors (Lipinski definition) is 4. The summed E-state index contributed by atoms with van der Waals surface area (Å²) in [6, 6.07) is 17.8. The predicted octanol–water partition coefficient (Wildman–Crippen LogP) is 3.37. The van der Waals surface area contributed by atoms with Crippen LogP contribution in [0.1, 0.15) is 21.3 Å². The maximum absolute atomic E-state index is 12.5. The summed E-state index contributed by atoms with van der Waals surface area (Å²) in [7, 11) is 0. The van der Waals surface area contributed by atoms with Crippen molar-refractivity contribution < 1.29 is 9.59 Å². The van der Waals surface area contributed by atoms with Crippen LogP contribution in [0, 0.1) is 17.2 Å². The number of allylic oxidation sites excluding steroid dienone is 1. The highest BCUT2D eigenvalue weighted by molar-refractivity contribution is 6.31. The van der Waals surface area contributed by atoms with E-state index in [4.69, 9.17) is 11.6 Å². The van der Waals surface area contributed by atoms with Gasteiger partial charge >= 0.3 is 0 Å². The van der Waals surface area contributed by atoms with Crippen molar-refractivity contribution in [3.8, 4) is 6.07 Å². The van der Waals surface area contributed by atoms with Crippen molar-refractivity contribution in [2.75, 3.05) is 5.32 Å². The van der Waals surface area contributed by atoms with Gasteiger partial charge in [-0.1, -0.05) is 42.5 Å². The summed E-state index contributed by atoms with van der Waals surface area (Å²) in [6.45, 7) is 0. The zero-order valence-electron chi connectivity index (χ0n) is 13.1. The van der Waals surface area contributed by atoms with E-state index in [-0.39, 0.29) is 5.91 Å². The highest BCUT2D eigenvalue weighted by atomic mass is 35.5. The fourth-order valence-corrected chi connectivity index (χ4v) is 2.81. The second-order valence-corrected chi connectivity index (χ2v) is 5.92. The van der Waals surface area contributed by atoms with Gasteiger partial charge in [-0.3, -0.25) is 9.59 Å². The highest BCUT2D eigenvalue weighted by Crippen LogP contribution is 2.26. The lowest BCUT2D eigenvalue weighted by Gasteiger charge is -2.22. The average Bonchev–Trinajstić information content (AvgIpc) is 2.65. The zero-order valence-corrected chi connectivity index (χ0v) is 13.8. The van der Waals surface area contributed by atoms with Crippen LogP contribution < -0.4 is 10.6 Å². The minimum absolute atomic E-state index is 0.292. The summed E-state index contributed by atoms with van der Waals surface area (Å²) in [5, 5.41) is 14.1. The first-order chi connectivity index (χ1) is 12.1. The van der Waals surface area contributed by atoms with Crippen LogP contribution in [0.3, 0.4) is 0 Å². The van der Waals surface area contributed by atoms with Crippen molar-refractivity contribution in [1.82, 2.24) is 5.32 Å². The van der Waals surface area contributed by atoms with E-state index in [1.54, 1.807) is 48.5 Å². The number of ketones is 1. The van der Waals surface area contributed by atoms with E-state index >= 15 is 0 Å². The molecule has 2 unspecified atom stereocenters. The van der Waals surface area contributed by atoms with Gasteiger partial charge in [0, 0.05) is 0 Å². The van der Waals surface area contributed by atoms with Gasteiger partial charge in [-0.05, 0) is 23.8 Å². The number of nitriles is 1. The topological polar surface area (TPSA) is 82.0 Å². The minimum Gasteiger partial charge on any atom is -0.341 e. The molecule has 1 aliphatic rings. The van der Waals surface area contributed by atoms with Gasteiger partial charge in [0.2, 0.25) is 0 Å². The number of hydrogen-bond donors (Lipinski definition) is 2. The molecule has 0 aliphatic carbocycles. The molecule has 2 aromatic rings. The molecule has 124 valence electrons. The number of Topliss-reactive ketones (excluding diaryl/α,β-unsaturated/α-hetero) is 1. The summed E-state index contributed by atoms with van der Waals surface area (Å²) < 4.78 is 0. The van der Waals surface area contributed by atoms with E-state index in [9.17, 15) is 14.9 Å². The molecule has 2 aromatic carbocycles. The van der Waals surface area contributed by atoms with Crippen LogP contribution in [0.2, 0.25) is 0 Å². The summed E-state index contributed by atoms with van der Waals surface area (Å²) in [5.41, 5.74) is 1.74. The number of amides is 1. The Morgan fingerprint density at radius 1 is 1.08 bits per heavy atom. The Morgan fingerprint density at radius 2 is 1.76 bits per heavy atom. The number of para-hydroxylation sites is 1. The molecule has 2 N–H and O–H groups in total. The molecule has 0 bridgehead atoms. The van der Waals surface area contributed by atoms with Crippen molar-refractivity contribution in [2.24, 2.45) is 5.92 Å². The standard InChI is InChI=1S/C19H14ClN3O2/c20-17(12-6-2-1-3-7-12)18(24)13(11-21)10-16-22-15-9-5-4-8-14(15)19(25)23-16/h1-10,13,17,22H,(H,23,25). The van der Waals surface area contributed by atoms with Crippen LogP contribution in [0.5, 0.6) is 0 Å². The number of nitrogens with one attached hydrogen (secondary N) is 2. The molecular weight excluding hydrogens is 338 g/mol. The number of carbonyl (C=O) groups excluding carboxylic acids is 2. The van der Waals surface area contributed by atoms with Crippen molar-refractivity contribution in [2.45, 2.75) is 5.38 Å². The second kappa shape index (κ2) is 7.20. The van der Waals surface area contributed by atoms with Crippen LogP contribution in [0.4, 0.5) is 5.69 Å². The molecule has 1 amide bonds. The minimum atomic E-state index is -1.09. The molecular formula is C19H14ClN3O2. The lowest BCUT2D eigenvalue weighted by molar-refractivity contribution is -0.119. The molecule has 5 nitrogen and oxygen atoms in total. The van der Waals surface area contributed by atoms with Gasteiger partial charge in [-0.25, -0.2) is 0 Å². The van der Waals surface area contributed by atoms with E-state index < -0.39 is 17.1 Å². The normalized spacial score (nSPS) is 16.8. The number of carbonyl (C=O) groups is 2. The van der Waals surface area contributed by atoms with Crippen molar-refractivity contribution in [1.29, 1.82) is 5.26 Å². The maximum Gasteiger partial charge on any atom is 0.258 e. The predicted molar refractivity (Wildman–Crippen MR) is 94.8 cm³/mol. The third-order valence-electron chi connectivity index (χ3n) is 3.81. The summed E-state index contributed by atoms with van der Waals surface area (Å²) in [5.74, 6) is -1.54. The molecule has 0 saturated carbocycles. The lowest BCUT2D eigenvalue weighted by atomic mass is 9.97. The van der Waals surface area contributed by atoms with Crippen LogP contribution in [0.25, 0.3) is 0 Å². The van der Waals surface area contributed by atoms with Crippen molar-refractivity contribution in [3.63, 3.8) is 0 Å². The number of nitrogens with zero attached hydrogens (tertiary/aromatic N) is 1. The van der Waals surface area contributed by atoms with E-state index in [1.165, 1.54) is 6.08 Å². The Bertz CT molecular complexity index is 887. The first-order valence-electron chi connectivity index (χ1n) is 7.61. The molecule has 1 aliphatic heterocycles. The van der Waals surface area contributed by atoms with Gasteiger partial charge in [-0.15, -0.1) is 11.6 Å². The highest BCUT2D eigenvalue weighted by Gasteiger charge is 2.27. The van der Waals surface area contributed by atoms with Crippen LogP contribution in [-0.2, 0) is 4.79 Å². The number of fused-ring (bicyclic) bond motifs is 1. The molecule has 0 saturated heterocycles. The molecule has 0 aromatic heterocycles. The largest absolute Gasteiger partial charge is 0.341 e. The Kier molecular flexibility index (Phi) is 4.82. The van der Waals surface area contributed by atoms with Gasteiger partial charge in [0.15, 0.2) is 5.78 Å². The Morgan fingerprint density at radius 3 is 2.48 bits per heavy atom. The molecule has 0 spiro atoms. The quantitative estimate of drug-likeness (QED) is 0.827. The average molecular weight is 352 g/mol. The lowest BCUT2D eigenvalue weighted by Crippen LogP contribution is -2.33. The van der Waals surface area contributed by atoms with Crippen molar-refractivity contribution in [3.05, 3.63) is 77.6 Å². The van der Waals surface area contributed by atoms with Gasteiger partial charge in [0.05, 0.1) is 17.3 Å². The summed E-state index contributed by atoms with van der Waals surface area (Å²) >= 11 is 6.22. The van der Waals surface area contributed by atoms with Crippen molar-refractivity contribution >= 4 is 29.0 Å². The molecule has 25 heavy (non-hydrogen) atoms. The number of benzene rings is 2. The second-order valence-electron chi connectivity index (χ2n) is 5.49. The monoisotopic (exact) mass is 351 g/mol. The number of alkyl halides is 1. The fourth-order valence-electron chi connectivity index (χ4n) is 2.53. The van der Waals surface area contributed by atoms with Gasteiger partial charge < -0.3 is 10.6 Å². The van der Waals surface area contributed by atoms with E-state index in [0.29, 0.717) is 22.6 Å². The van der Waals surface area contributed by atoms with E-state index in [2.05, 4.69) is 10.6 Å². The smallest absolute Gasteiger partial charge is 0.258 e. The molecule has 3 rings (SSSR count). The van der Waals surface area contributed by atoms with E-state index in [1.807, 2.05) is 12.1 Å². The molecule has 2 atom stereocenters. The molecule has 0 radical (unpaired) electrons. The number of anilines is 1. The van der Waals surface area contributed by atoms with Crippen LogP contribution in [0.15, 0.2) is 66.5 Å². The van der Waals surface area contributed by atoms with Gasteiger partial charge in [0.1, 0.15) is 17.1 Å². The Labute approximate surface area is 149 Å². The molecule has 6 heteroatoms. The summed E-state index contributed by atoms with van der Waals surface area (Å²) in [4.78, 5) is 24.6. The summed E-state index contributed by atoms with van der Waals surface area (Å²) in [6.07, 6.45) is 1.38. The Hall–Kier alpha value is -3.10. The van der Waals surface area contributed by atoms with Crippen LogP contribution >= 0.6 is 11.6 Å².